The van der Waals surface area contributed by atoms with Gasteiger partial charge in [0.15, 0.2) is 0 Å². The second-order valence-electron chi connectivity index (χ2n) is 4.28. The van der Waals surface area contributed by atoms with E-state index in [-0.39, 0.29) is 11.3 Å². The molecule has 1 fully saturated rings. The van der Waals surface area contributed by atoms with Crippen molar-refractivity contribution in [1.29, 1.82) is 0 Å². The molecule has 1 aliphatic rings. The highest BCUT2D eigenvalue weighted by Crippen LogP contribution is 2.32. The number of benzene rings is 1. The van der Waals surface area contributed by atoms with Crippen LogP contribution in [-0.4, -0.2) is 38.0 Å². The van der Waals surface area contributed by atoms with Crippen molar-refractivity contribution in [1.82, 2.24) is 0 Å². The molecule has 6 heteroatoms. The van der Waals surface area contributed by atoms with Crippen molar-refractivity contribution in [3.05, 3.63) is 23.8 Å². The number of hydrogen-bond acceptors (Lipinski definition) is 4. The number of alkyl halides is 1. The zero-order chi connectivity index (χ0) is 14.0. The number of carbonyl (C=O) groups is 2. The first-order chi connectivity index (χ1) is 9.06. The molecule has 0 bridgehead atoms. The summed E-state index contributed by atoms with van der Waals surface area (Å²) in [6, 6.07) is 5.04. The molecule has 2 rings (SSSR count). The van der Waals surface area contributed by atoms with E-state index in [1.54, 1.807) is 30.1 Å². The van der Waals surface area contributed by atoms with Gasteiger partial charge in [-0.05, 0) is 18.2 Å². The molecule has 19 heavy (non-hydrogen) atoms. The Balaban J connectivity index is 2.42. The molecule has 1 atom stereocenters. The van der Waals surface area contributed by atoms with Crippen LogP contribution in [0.5, 0.6) is 0 Å². The Bertz CT molecular complexity index is 519. The molecular formula is C13H15ClN2O3. The van der Waals surface area contributed by atoms with E-state index in [0.29, 0.717) is 24.2 Å². The third-order valence-corrected chi connectivity index (χ3v) is 3.35. The summed E-state index contributed by atoms with van der Waals surface area (Å²) in [7, 11) is 3.08. The fourth-order valence-electron chi connectivity index (χ4n) is 2.11. The summed E-state index contributed by atoms with van der Waals surface area (Å²) in [5.41, 5.74) is 1.83. The third-order valence-electron chi connectivity index (χ3n) is 3.06. The third kappa shape index (κ3) is 2.66. The first-order valence-corrected chi connectivity index (χ1v) is 6.35. The SMILES string of the molecule is CNc1ccc(C(=O)OC)cc1N1CC(Cl)CC1=O. The molecule has 1 unspecified atom stereocenters. The van der Waals surface area contributed by atoms with Crippen LogP contribution in [0.1, 0.15) is 16.8 Å². The highest BCUT2D eigenvalue weighted by Gasteiger charge is 2.30. The van der Waals surface area contributed by atoms with E-state index >= 15 is 0 Å². The highest BCUT2D eigenvalue weighted by atomic mass is 35.5. The maximum Gasteiger partial charge on any atom is 0.337 e. The minimum atomic E-state index is -0.432. The Hall–Kier alpha value is -1.75. The van der Waals surface area contributed by atoms with E-state index in [1.807, 2.05) is 0 Å². The minimum Gasteiger partial charge on any atom is -0.465 e. The second kappa shape index (κ2) is 5.48. The summed E-state index contributed by atoms with van der Waals surface area (Å²) in [5, 5.41) is 2.81. The van der Waals surface area contributed by atoms with Gasteiger partial charge < -0.3 is 15.0 Å². The lowest BCUT2D eigenvalue weighted by Gasteiger charge is -2.20. The molecule has 1 heterocycles. The summed E-state index contributed by atoms with van der Waals surface area (Å²) >= 11 is 6.00. The number of amides is 1. The fraction of sp³-hybridized carbons (Fsp3) is 0.385. The Labute approximate surface area is 116 Å². The van der Waals surface area contributed by atoms with Crippen molar-refractivity contribution in [3.63, 3.8) is 0 Å². The highest BCUT2D eigenvalue weighted by molar-refractivity contribution is 6.24. The molecule has 102 valence electrons. The smallest absolute Gasteiger partial charge is 0.337 e. The van der Waals surface area contributed by atoms with Crippen molar-refractivity contribution < 1.29 is 14.3 Å². The predicted octanol–water partition coefficient (Wildman–Crippen LogP) is 1.86. The molecule has 0 radical (unpaired) electrons. The zero-order valence-corrected chi connectivity index (χ0v) is 11.5. The summed E-state index contributed by atoms with van der Waals surface area (Å²) in [5.74, 6) is -0.475. The van der Waals surface area contributed by atoms with Crippen molar-refractivity contribution in [2.24, 2.45) is 0 Å². The van der Waals surface area contributed by atoms with Gasteiger partial charge in [0.05, 0.1) is 29.4 Å². The molecule has 0 spiro atoms. The van der Waals surface area contributed by atoms with Crippen LogP contribution in [0.3, 0.4) is 0 Å². The molecule has 1 aliphatic heterocycles. The lowest BCUT2D eigenvalue weighted by molar-refractivity contribution is -0.117. The topological polar surface area (TPSA) is 58.6 Å². The number of hydrogen-bond donors (Lipinski definition) is 1. The Kier molecular flexibility index (Phi) is 3.95. The molecule has 1 aromatic rings. The van der Waals surface area contributed by atoms with Crippen molar-refractivity contribution in [2.45, 2.75) is 11.8 Å². The van der Waals surface area contributed by atoms with Crippen LogP contribution in [0.25, 0.3) is 0 Å². The first-order valence-electron chi connectivity index (χ1n) is 5.91. The van der Waals surface area contributed by atoms with Gasteiger partial charge in [-0.15, -0.1) is 11.6 Å². The predicted molar refractivity (Wildman–Crippen MR) is 73.9 cm³/mol. The van der Waals surface area contributed by atoms with Gasteiger partial charge in [0.25, 0.3) is 0 Å². The molecule has 1 amide bonds. The lowest BCUT2D eigenvalue weighted by atomic mass is 10.1. The van der Waals surface area contributed by atoms with Gasteiger partial charge in [-0.2, -0.15) is 0 Å². The number of nitrogens with zero attached hydrogens (tertiary/aromatic N) is 1. The van der Waals surface area contributed by atoms with Gasteiger partial charge in [-0.1, -0.05) is 0 Å². The van der Waals surface area contributed by atoms with E-state index in [4.69, 9.17) is 11.6 Å². The van der Waals surface area contributed by atoms with Crippen LogP contribution in [0, 0.1) is 0 Å². The van der Waals surface area contributed by atoms with E-state index in [2.05, 4.69) is 10.1 Å². The maximum absolute atomic E-state index is 11.9. The van der Waals surface area contributed by atoms with Gasteiger partial charge in [-0.25, -0.2) is 4.79 Å². The van der Waals surface area contributed by atoms with Crippen molar-refractivity contribution in [3.8, 4) is 0 Å². The van der Waals surface area contributed by atoms with E-state index in [9.17, 15) is 9.59 Å². The van der Waals surface area contributed by atoms with Crippen molar-refractivity contribution in [2.75, 3.05) is 30.9 Å². The summed E-state index contributed by atoms with van der Waals surface area (Å²) in [6.07, 6.45) is 0.313. The minimum absolute atomic E-state index is 0.0430. The van der Waals surface area contributed by atoms with Gasteiger partial charge in [0, 0.05) is 20.0 Å². The summed E-state index contributed by atoms with van der Waals surface area (Å²) in [4.78, 5) is 25.0. The van der Waals surface area contributed by atoms with E-state index in [0.717, 1.165) is 5.69 Å². The van der Waals surface area contributed by atoms with Gasteiger partial charge in [0.2, 0.25) is 5.91 Å². The number of esters is 1. The molecular weight excluding hydrogens is 268 g/mol. The molecule has 1 aromatic carbocycles. The molecule has 0 aliphatic carbocycles. The van der Waals surface area contributed by atoms with Crippen molar-refractivity contribution >= 4 is 34.9 Å². The molecule has 1 saturated heterocycles. The number of methoxy groups -OCH3 is 1. The zero-order valence-electron chi connectivity index (χ0n) is 10.8. The fourth-order valence-corrected chi connectivity index (χ4v) is 2.38. The molecule has 0 saturated carbocycles. The normalized spacial score (nSPS) is 18.6. The van der Waals surface area contributed by atoms with Crippen LogP contribution in [0.15, 0.2) is 18.2 Å². The summed E-state index contributed by atoms with van der Waals surface area (Å²) < 4.78 is 4.69. The number of carbonyl (C=O) groups excluding carboxylic acids is 2. The number of ether oxygens (including phenoxy) is 1. The van der Waals surface area contributed by atoms with Crippen LogP contribution < -0.4 is 10.2 Å². The van der Waals surface area contributed by atoms with E-state index in [1.165, 1.54) is 7.11 Å². The number of nitrogens with one attached hydrogen (secondary N) is 1. The lowest BCUT2D eigenvalue weighted by Crippen LogP contribution is -2.25. The Morgan fingerprint density at radius 2 is 2.26 bits per heavy atom. The number of rotatable bonds is 3. The number of halogens is 1. The summed E-state index contributed by atoms with van der Waals surface area (Å²) in [6.45, 7) is 0.444. The standard InChI is InChI=1S/C13H15ClN2O3/c1-15-10-4-3-8(13(18)19-2)5-11(10)16-7-9(14)6-12(16)17/h3-5,9,15H,6-7H2,1-2H3. The van der Waals surface area contributed by atoms with Crippen LogP contribution >= 0.6 is 11.6 Å². The van der Waals surface area contributed by atoms with Crippen LogP contribution in [-0.2, 0) is 9.53 Å². The van der Waals surface area contributed by atoms with Crippen LogP contribution in [0.4, 0.5) is 11.4 Å². The Morgan fingerprint density at radius 1 is 1.53 bits per heavy atom. The quantitative estimate of drug-likeness (QED) is 0.679. The second-order valence-corrected chi connectivity index (χ2v) is 4.90. The molecule has 1 N–H and O–H groups in total. The largest absolute Gasteiger partial charge is 0.465 e. The first kappa shape index (κ1) is 13.7. The van der Waals surface area contributed by atoms with Gasteiger partial charge in [0.1, 0.15) is 0 Å². The monoisotopic (exact) mass is 282 g/mol. The Morgan fingerprint density at radius 3 is 2.79 bits per heavy atom. The van der Waals surface area contributed by atoms with Crippen LogP contribution in [0.2, 0.25) is 0 Å². The average molecular weight is 283 g/mol. The van der Waals surface area contributed by atoms with E-state index < -0.39 is 5.97 Å². The maximum atomic E-state index is 11.9. The molecule has 5 nitrogen and oxygen atoms in total. The molecule has 0 aromatic heterocycles. The average Bonchev–Trinajstić information content (AvgIpc) is 2.76. The van der Waals surface area contributed by atoms with Gasteiger partial charge >= 0.3 is 5.97 Å². The number of anilines is 2. The van der Waals surface area contributed by atoms with Gasteiger partial charge in [-0.3, -0.25) is 4.79 Å².